The van der Waals surface area contributed by atoms with E-state index in [1.165, 1.54) is 0 Å². The number of methoxy groups -OCH3 is 5. The molecule has 0 spiro atoms. The average Bonchev–Trinajstić information content (AvgIpc) is 2.71. The van der Waals surface area contributed by atoms with Crippen LogP contribution in [-0.4, -0.2) is 46.8 Å². The monoisotopic (exact) mass is 376 g/mol. The van der Waals surface area contributed by atoms with Crippen LogP contribution in [0.3, 0.4) is 0 Å². The molecule has 7 heteroatoms. The number of benzene rings is 2. The molecule has 0 radical (unpaired) electrons. The van der Waals surface area contributed by atoms with Crippen molar-refractivity contribution in [1.82, 2.24) is 0 Å². The van der Waals surface area contributed by atoms with Crippen molar-refractivity contribution in [3.63, 3.8) is 0 Å². The van der Waals surface area contributed by atoms with Gasteiger partial charge in [0.25, 0.3) is 0 Å². The fourth-order valence-electron chi connectivity index (χ4n) is 3.29. The third kappa shape index (κ3) is 3.42. The lowest BCUT2D eigenvalue weighted by atomic mass is 9.93. The van der Waals surface area contributed by atoms with Crippen LogP contribution in [0.25, 0.3) is 0 Å². The van der Waals surface area contributed by atoms with Crippen molar-refractivity contribution in [3.05, 3.63) is 35.4 Å². The third-order valence-corrected chi connectivity index (χ3v) is 4.63. The Morgan fingerprint density at radius 2 is 1.44 bits per heavy atom. The van der Waals surface area contributed by atoms with Gasteiger partial charge in [-0.3, -0.25) is 0 Å². The van der Waals surface area contributed by atoms with Crippen molar-refractivity contribution in [2.75, 3.05) is 35.5 Å². The molecule has 1 heterocycles. The molecule has 2 atom stereocenters. The van der Waals surface area contributed by atoms with Crippen molar-refractivity contribution < 1.29 is 33.5 Å². The topological polar surface area (TPSA) is 75.6 Å². The van der Waals surface area contributed by atoms with Gasteiger partial charge in [-0.25, -0.2) is 0 Å². The van der Waals surface area contributed by atoms with Gasteiger partial charge in [-0.1, -0.05) is 0 Å². The minimum absolute atomic E-state index is 0.379. The van der Waals surface area contributed by atoms with Gasteiger partial charge in [0, 0.05) is 29.7 Å². The standard InChI is InChI=1S/C20H24O7/c1-22-12-8-15(23-2)13-10-14(21)19(27-16(13)9-12)11-6-17(24-3)20(26-5)18(7-11)25-4/h6-9,14,19,21H,10H2,1-5H3/t14-,19+/m1/s1. The molecule has 27 heavy (non-hydrogen) atoms. The van der Waals surface area contributed by atoms with Crippen LogP contribution in [0, 0.1) is 0 Å². The molecule has 1 aliphatic rings. The third-order valence-electron chi connectivity index (χ3n) is 4.63. The minimum atomic E-state index is -0.775. The maximum atomic E-state index is 10.7. The van der Waals surface area contributed by atoms with Gasteiger partial charge in [-0.05, 0) is 12.1 Å². The first-order chi connectivity index (χ1) is 13.1. The number of aliphatic hydroxyl groups excluding tert-OH is 1. The summed E-state index contributed by atoms with van der Waals surface area (Å²) in [5, 5.41) is 10.7. The van der Waals surface area contributed by atoms with Crippen molar-refractivity contribution >= 4 is 0 Å². The van der Waals surface area contributed by atoms with Crippen LogP contribution < -0.4 is 28.4 Å². The Hall–Kier alpha value is -2.80. The van der Waals surface area contributed by atoms with Crippen LogP contribution in [0.2, 0.25) is 0 Å². The van der Waals surface area contributed by atoms with Crippen LogP contribution in [0.5, 0.6) is 34.5 Å². The molecule has 0 saturated carbocycles. The van der Waals surface area contributed by atoms with E-state index in [0.717, 1.165) is 5.56 Å². The predicted molar refractivity (Wildman–Crippen MR) is 98.7 cm³/mol. The Kier molecular flexibility index (Phi) is 5.51. The van der Waals surface area contributed by atoms with Crippen LogP contribution in [0.15, 0.2) is 24.3 Å². The van der Waals surface area contributed by atoms with Crippen LogP contribution >= 0.6 is 0 Å². The van der Waals surface area contributed by atoms with E-state index in [2.05, 4.69) is 0 Å². The van der Waals surface area contributed by atoms with E-state index in [9.17, 15) is 5.11 Å². The van der Waals surface area contributed by atoms with E-state index in [1.54, 1.807) is 59.8 Å². The van der Waals surface area contributed by atoms with E-state index in [4.69, 9.17) is 28.4 Å². The first-order valence-corrected chi connectivity index (χ1v) is 8.45. The Labute approximate surface area is 158 Å². The largest absolute Gasteiger partial charge is 0.496 e. The Morgan fingerprint density at radius 3 is 1.96 bits per heavy atom. The van der Waals surface area contributed by atoms with Crippen molar-refractivity contribution in [2.45, 2.75) is 18.6 Å². The van der Waals surface area contributed by atoms with Gasteiger partial charge in [0.05, 0.1) is 41.7 Å². The maximum absolute atomic E-state index is 10.7. The smallest absolute Gasteiger partial charge is 0.203 e. The summed E-state index contributed by atoms with van der Waals surface area (Å²) in [7, 11) is 7.79. The van der Waals surface area contributed by atoms with Crippen molar-refractivity contribution in [3.8, 4) is 34.5 Å². The molecule has 0 aromatic heterocycles. The van der Waals surface area contributed by atoms with Crippen LogP contribution in [-0.2, 0) is 6.42 Å². The van der Waals surface area contributed by atoms with Gasteiger partial charge < -0.3 is 33.5 Å². The highest BCUT2D eigenvalue weighted by atomic mass is 16.5. The molecule has 0 fully saturated rings. The molecular formula is C20H24O7. The normalized spacial score (nSPS) is 18.1. The summed E-state index contributed by atoms with van der Waals surface area (Å²) in [6, 6.07) is 7.11. The number of fused-ring (bicyclic) bond motifs is 1. The zero-order valence-corrected chi connectivity index (χ0v) is 16.1. The second kappa shape index (κ2) is 7.84. The molecule has 0 saturated heterocycles. The summed E-state index contributed by atoms with van der Waals surface area (Å²) in [6.07, 6.45) is -1.00. The average molecular weight is 376 g/mol. The summed E-state index contributed by atoms with van der Waals surface area (Å²) in [6.45, 7) is 0. The van der Waals surface area contributed by atoms with E-state index >= 15 is 0 Å². The van der Waals surface area contributed by atoms with E-state index in [-0.39, 0.29) is 0 Å². The molecule has 0 amide bonds. The molecule has 0 aliphatic carbocycles. The van der Waals surface area contributed by atoms with Gasteiger partial charge in [-0.15, -0.1) is 0 Å². The molecule has 146 valence electrons. The van der Waals surface area contributed by atoms with Crippen LogP contribution in [0.1, 0.15) is 17.2 Å². The molecule has 1 aliphatic heterocycles. The highest BCUT2D eigenvalue weighted by molar-refractivity contribution is 5.56. The van der Waals surface area contributed by atoms with Gasteiger partial charge in [0.15, 0.2) is 17.6 Å². The predicted octanol–water partition coefficient (Wildman–Crippen LogP) is 2.77. The number of hydrogen-bond donors (Lipinski definition) is 1. The quantitative estimate of drug-likeness (QED) is 0.831. The fraction of sp³-hybridized carbons (Fsp3) is 0.400. The number of rotatable bonds is 6. The molecule has 0 bridgehead atoms. The summed E-state index contributed by atoms with van der Waals surface area (Å²) in [5.74, 6) is 3.32. The van der Waals surface area contributed by atoms with Gasteiger partial charge in [0.1, 0.15) is 17.2 Å². The summed E-state index contributed by atoms with van der Waals surface area (Å²) in [4.78, 5) is 0. The first-order valence-electron chi connectivity index (χ1n) is 8.45. The summed E-state index contributed by atoms with van der Waals surface area (Å²) in [5.41, 5.74) is 1.51. The Balaban J connectivity index is 2.05. The molecule has 7 nitrogen and oxygen atoms in total. The molecule has 1 N–H and O–H groups in total. The van der Waals surface area contributed by atoms with E-state index in [1.807, 2.05) is 0 Å². The number of ether oxygens (including phenoxy) is 6. The van der Waals surface area contributed by atoms with Gasteiger partial charge in [0.2, 0.25) is 5.75 Å². The van der Waals surface area contributed by atoms with E-state index < -0.39 is 12.2 Å². The van der Waals surface area contributed by atoms with Crippen molar-refractivity contribution in [2.24, 2.45) is 0 Å². The lowest BCUT2D eigenvalue weighted by Gasteiger charge is -2.32. The first kappa shape index (κ1) is 19.0. The second-order valence-electron chi connectivity index (χ2n) is 6.07. The Morgan fingerprint density at radius 1 is 0.815 bits per heavy atom. The zero-order valence-electron chi connectivity index (χ0n) is 16.1. The molecule has 0 unspecified atom stereocenters. The lowest BCUT2D eigenvalue weighted by molar-refractivity contribution is 0.0195. The molecule has 2 aromatic rings. The lowest BCUT2D eigenvalue weighted by Crippen LogP contribution is -2.30. The fourth-order valence-corrected chi connectivity index (χ4v) is 3.29. The highest BCUT2D eigenvalue weighted by Crippen LogP contribution is 2.45. The number of hydrogen-bond acceptors (Lipinski definition) is 7. The molecular weight excluding hydrogens is 352 g/mol. The van der Waals surface area contributed by atoms with Crippen LogP contribution in [0.4, 0.5) is 0 Å². The second-order valence-corrected chi connectivity index (χ2v) is 6.07. The molecule has 3 rings (SSSR count). The van der Waals surface area contributed by atoms with Gasteiger partial charge >= 0.3 is 0 Å². The van der Waals surface area contributed by atoms with Crippen molar-refractivity contribution in [1.29, 1.82) is 0 Å². The minimum Gasteiger partial charge on any atom is -0.496 e. The summed E-state index contributed by atoms with van der Waals surface area (Å²) < 4.78 is 33.0. The summed E-state index contributed by atoms with van der Waals surface area (Å²) >= 11 is 0. The highest BCUT2D eigenvalue weighted by Gasteiger charge is 2.33. The molecule has 2 aromatic carbocycles. The van der Waals surface area contributed by atoms with Gasteiger partial charge in [-0.2, -0.15) is 0 Å². The maximum Gasteiger partial charge on any atom is 0.203 e. The SMILES string of the molecule is COc1cc(OC)c2c(c1)O[C@@H](c1cc(OC)c(OC)c(OC)c1)[C@H](O)C2. The van der Waals surface area contributed by atoms with E-state index in [0.29, 0.717) is 46.5 Å². The zero-order chi connectivity index (χ0) is 19.6. The number of aliphatic hydroxyl groups is 1. The Bertz CT molecular complexity index is 793.